The van der Waals surface area contributed by atoms with Crippen molar-refractivity contribution < 1.29 is 31.5 Å². The smallest absolute Gasteiger partial charge is 0.341 e. The van der Waals surface area contributed by atoms with Gasteiger partial charge in [-0.15, -0.1) is 0 Å². The Morgan fingerprint density at radius 3 is 2.43 bits per heavy atom. The number of aromatic nitrogens is 3. The second-order valence-corrected chi connectivity index (χ2v) is 12.6. The van der Waals surface area contributed by atoms with Gasteiger partial charge in [0, 0.05) is 32.4 Å². The number of hydrogen-bond acceptors (Lipinski definition) is 9. The third-order valence-electron chi connectivity index (χ3n) is 6.91. The first-order chi connectivity index (χ1) is 19.8. The van der Waals surface area contributed by atoms with Crippen molar-refractivity contribution in [1.29, 1.82) is 0 Å². The van der Waals surface area contributed by atoms with E-state index < -0.39 is 33.0 Å². The molecule has 0 saturated carbocycles. The minimum absolute atomic E-state index is 0.000773. The molecular formula is C29H33F2N5O5S. The molecule has 224 valence electrons. The molecule has 0 unspecified atom stereocenters. The van der Waals surface area contributed by atoms with E-state index in [4.69, 9.17) is 4.74 Å². The summed E-state index contributed by atoms with van der Waals surface area (Å²) in [5.41, 5.74) is 1.31. The van der Waals surface area contributed by atoms with Gasteiger partial charge in [-0.3, -0.25) is 9.78 Å². The van der Waals surface area contributed by atoms with E-state index in [0.29, 0.717) is 18.2 Å². The number of nitrogens with one attached hydrogen (secondary N) is 1. The van der Waals surface area contributed by atoms with Crippen LogP contribution in [0.3, 0.4) is 0 Å². The normalized spacial score (nSPS) is 15.0. The van der Waals surface area contributed by atoms with Gasteiger partial charge in [-0.2, -0.15) is 8.78 Å². The molecule has 1 aromatic carbocycles. The number of benzene rings is 1. The van der Waals surface area contributed by atoms with Gasteiger partial charge in [-0.1, -0.05) is 32.9 Å². The number of esters is 1. The van der Waals surface area contributed by atoms with Gasteiger partial charge in [0.05, 0.1) is 34.6 Å². The number of halogens is 2. The van der Waals surface area contributed by atoms with E-state index in [0.717, 1.165) is 17.3 Å². The fraction of sp³-hybridized carbons (Fsp3) is 0.414. The lowest BCUT2D eigenvalue weighted by atomic mass is 9.99. The summed E-state index contributed by atoms with van der Waals surface area (Å²) >= 11 is 0. The van der Waals surface area contributed by atoms with Crippen molar-refractivity contribution in [3.63, 3.8) is 0 Å². The second kappa shape index (κ2) is 12.1. The first-order valence-electron chi connectivity index (χ1n) is 13.5. The summed E-state index contributed by atoms with van der Waals surface area (Å²) in [5.74, 6) is -4.73. The second-order valence-electron chi connectivity index (χ2n) is 10.4. The van der Waals surface area contributed by atoms with Crippen LogP contribution in [-0.4, -0.2) is 47.6 Å². The van der Waals surface area contributed by atoms with Gasteiger partial charge in [0.25, 0.3) is 11.8 Å². The summed E-state index contributed by atoms with van der Waals surface area (Å²) in [5, 5.41) is 2.81. The van der Waals surface area contributed by atoms with E-state index in [9.17, 15) is 26.8 Å². The van der Waals surface area contributed by atoms with Crippen molar-refractivity contribution in [2.45, 2.75) is 64.6 Å². The average molecular weight is 602 g/mol. The van der Waals surface area contributed by atoms with E-state index in [1.807, 2.05) is 13.8 Å². The van der Waals surface area contributed by atoms with Crippen molar-refractivity contribution in [2.24, 2.45) is 5.92 Å². The third kappa shape index (κ3) is 6.40. The summed E-state index contributed by atoms with van der Waals surface area (Å²) in [6, 6.07) is 7.67. The number of amides is 1. The number of carbonyl (C=O) groups excluding carboxylic acids is 2. The van der Waals surface area contributed by atoms with Crippen LogP contribution in [0.5, 0.6) is 0 Å². The number of alkyl halides is 2. The Bertz CT molecular complexity index is 1590. The molecular weight excluding hydrogens is 568 g/mol. The Labute approximate surface area is 243 Å². The van der Waals surface area contributed by atoms with Crippen LogP contribution in [0.4, 0.5) is 14.7 Å². The quantitative estimate of drug-likeness (QED) is 0.331. The third-order valence-corrected chi connectivity index (χ3v) is 8.66. The lowest BCUT2D eigenvalue weighted by molar-refractivity contribution is 0.00958. The number of rotatable bonds is 10. The molecule has 0 fully saturated rings. The molecule has 1 amide bonds. The zero-order chi connectivity index (χ0) is 30.8. The molecule has 13 heteroatoms. The fourth-order valence-corrected chi connectivity index (χ4v) is 5.69. The van der Waals surface area contributed by atoms with Crippen LogP contribution in [0.25, 0.3) is 0 Å². The predicted octanol–water partition coefficient (Wildman–Crippen LogP) is 4.60. The number of nitrogens with zero attached hydrogens (tertiary/aromatic N) is 4. The topological polar surface area (TPSA) is 131 Å². The summed E-state index contributed by atoms with van der Waals surface area (Å²) < 4.78 is 58.0. The fourth-order valence-electron chi connectivity index (χ4n) is 4.81. The summed E-state index contributed by atoms with van der Waals surface area (Å²) in [6.45, 7) is 8.13. The number of pyridine rings is 1. The Hall–Kier alpha value is -4.00. The first kappa shape index (κ1) is 30.9. The molecule has 0 spiro atoms. The molecule has 0 radical (unpaired) electrons. The Kier molecular flexibility index (Phi) is 8.90. The monoisotopic (exact) mass is 601 g/mol. The summed E-state index contributed by atoms with van der Waals surface area (Å²) in [6.07, 6.45) is 2.52. The molecule has 10 nitrogen and oxygen atoms in total. The maximum Gasteiger partial charge on any atom is 0.341 e. The minimum Gasteiger partial charge on any atom is -0.462 e. The summed E-state index contributed by atoms with van der Waals surface area (Å²) in [7, 11) is -3.31. The Balaban J connectivity index is 1.56. The molecule has 1 aliphatic heterocycles. The molecule has 0 saturated heterocycles. The van der Waals surface area contributed by atoms with E-state index in [2.05, 4.69) is 20.3 Å². The van der Waals surface area contributed by atoms with Crippen molar-refractivity contribution in [3.8, 4) is 0 Å². The highest BCUT2D eigenvalue weighted by Gasteiger charge is 2.39. The first-order valence-corrected chi connectivity index (χ1v) is 15.2. The Morgan fingerprint density at radius 2 is 1.83 bits per heavy atom. The molecule has 2 aromatic heterocycles. The molecule has 1 aliphatic rings. The molecule has 3 aromatic rings. The number of carbonyl (C=O) groups is 2. The van der Waals surface area contributed by atoms with Gasteiger partial charge < -0.3 is 15.0 Å². The predicted molar refractivity (Wildman–Crippen MR) is 151 cm³/mol. The van der Waals surface area contributed by atoms with Crippen LogP contribution >= 0.6 is 0 Å². The molecule has 0 bridgehead atoms. The zero-order valence-electron chi connectivity index (χ0n) is 24.0. The number of hydrogen-bond donors (Lipinski definition) is 1. The van der Waals surface area contributed by atoms with Crippen molar-refractivity contribution >= 4 is 27.7 Å². The van der Waals surface area contributed by atoms with Gasteiger partial charge in [0.2, 0.25) is 5.95 Å². The molecule has 3 heterocycles. The van der Waals surface area contributed by atoms with Crippen LogP contribution < -0.4 is 10.2 Å². The summed E-state index contributed by atoms with van der Waals surface area (Å²) in [4.78, 5) is 40.1. The van der Waals surface area contributed by atoms with E-state index in [1.54, 1.807) is 36.9 Å². The van der Waals surface area contributed by atoms with Crippen LogP contribution in [0.2, 0.25) is 0 Å². The van der Waals surface area contributed by atoms with Gasteiger partial charge >= 0.3 is 5.97 Å². The number of fused-ring (bicyclic) bond motifs is 1. The molecule has 0 aliphatic carbocycles. The largest absolute Gasteiger partial charge is 0.462 e. The average Bonchev–Trinajstić information content (AvgIpc) is 3.34. The van der Waals surface area contributed by atoms with E-state index >= 15 is 0 Å². The van der Waals surface area contributed by atoms with Gasteiger partial charge in [-0.05, 0) is 42.2 Å². The standard InChI is InChI=1S/C29H33F2N5O5S/c1-6-41-27(38)22-15-34-28(35-25(22)29(5,30)31)36-16-20-12-19(14-32-23(20)24(36)17(3)4)26(37)33-13-18-8-10-21(11-9-18)42(39,40)7-2/h8-12,14-15,17,24H,6-7,13,16H2,1-5H3,(H,33,37)/t24-/m0/s1. The highest BCUT2D eigenvalue weighted by atomic mass is 32.2. The number of anilines is 1. The highest BCUT2D eigenvalue weighted by Crippen LogP contribution is 2.40. The lowest BCUT2D eigenvalue weighted by Gasteiger charge is -2.28. The van der Waals surface area contributed by atoms with Crippen molar-refractivity contribution in [1.82, 2.24) is 20.3 Å². The van der Waals surface area contributed by atoms with Crippen LogP contribution in [0, 0.1) is 5.92 Å². The van der Waals surface area contributed by atoms with Gasteiger partial charge in [0.15, 0.2) is 9.84 Å². The van der Waals surface area contributed by atoms with Gasteiger partial charge in [-0.25, -0.2) is 23.2 Å². The molecule has 1 atom stereocenters. The molecule has 42 heavy (non-hydrogen) atoms. The van der Waals surface area contributed by atoms with Crippen LogP contribution in [0.1, 0.15) is 83.9 Å². The number of sulfone groups is 1. The molecule has 1 N–H and O–H groups in total. The van der Waals surface area contributed by atoms with Gasteiger partial charge in [0.1, 0.15) is 11.3 Å². The molecule has 4 rings (SSSR count). The van der Waals surface area contributed by atoms with Crippen LogP contribution in [-0.2, 0) is 33.6 Å². The number of ether oxygens (including phenoxy) is 1. The SMILES string of the molecule is CCOC(=O)c1cnc(N2Cc3cc(C(=O)NCc4ccc(S(=O)(=O)CC)cc4)cnc3[C@@H]2C(C)C)nc1C(C)(F)F. The maximum absolute atomic E-state index is 14.5. The van der Waals surface area contributed by atoms with Crippen LogP contribution in [0.15, 0.2) is 47.6 Å². The highest BCUT2D eigenvalue weighted by molar-refractivity contribution is 7.91. The minimum atomic E-state index is -3.42. The lowest BCUT2D eigenvalue weighted by Crippen LogP contribution is -2.29. The Morgan fingerprint density at radius 1 is 1.14 bits per heavy atom. The maximum atomic E-state index is 14.5. The van der Waals surface area contributed by atoms with Crippen molar-refractivity contribution in [2.75, 3.05) is 17.3 Å². The van der Waals surface area contributed by atoms with Crippen molar-refractivity contribution in [3.05, 3.63) is 76.4 Å². The van der Waals surface area contributed by atoms with E-state index in [1.165, 1.54) is 18.3 Å². The van der Waals surface area contributed by atoms with E-state index in [-0.39, 0.29) is 54.2 Å². The zero-order valence-corrected chi connectivity index (χ0v) is 24.8.